The van der Waals surface area contributed by atoms with Crippen LogP contribution in [-0.2, 0) is 19.1 Å². The lowest BCUT2D eigenvalue weighted by Gasteiger charge is -2.42. The van der Waals surface area contributed by atoms with Crippen LogP contribution in [0.5, 0.6) is 5.75 Å². The van der Waals surface area contributed by atoms with Gasteiger partial charge in [0.15, 0.2) is 5.96 Å². The number of carbonyl (C=O) groups is 2. The van der Waals surface area contributed by atoms with E-state index in [4.69, 9.17) is 20.1 Å². The number of nitrogens with zero attached hydrogens (tertiary/aromatic N) is 1. The van der Waals surface area contributed by atoms with Crippen LogP contribution in [-0.4, -0.2) is 44.3 Å². The number of carbonyl (C=O) groups excluding carboxylic acids is 2. The van der Waals surface area contributed by atoms with Crippen molar-refractivity contribution in [1.82, 2.24) is 5.32 Å². The van der Waals surface area contributed by atoms with Gasteiger partial charge in [0.1, 0.15) is 5.75 Å². The number of fused-ring (bicyclic) bond motifs is 1. The number of guanidine groups is 1. The van der Waals surface area contributed by atoms with Gasteiger partial charge in [-0.25, -0.2) is 4.18 Å². The molecule has 1 aromatic carbocycles. The van der Waals surface area contributed by atoms with Gasteiger partial charge < -0.3 is 15.4 Å². The highest BCUT2D eigenvalue weighted by molar-refractivity contribution is 7.86. The molecule has 0 bridgehead atoms. The lowest BCUT2D eigenvalue weighted by Crippen LogP contribution is -2.59. The highest BCUT2D eigenvalue weighted by atomic mass is 32.2. The maximum absolute atomic E-state index is 13.0. The fourth-order valence-corrected chi connectivity index (χ4v) is 3.45. The van der Waals surface area contributed by atoms with Gasteiger partial charge in [-0.2, -0.15) is 8.42 Å². The van der Waals surface area contributed by atoms with E-state index in [0.717, 1.165) is 6.26 Å². The number of nitrogens with one attached hydrogen (secondary N) is 2. The number of hydrogen-bond donors (Lipinski definition) is 3. The second kappa shape index (κ2) is 7.16. The Morgan fingerprint density at radius 1 is 1.44 bits per heavy atom. The van der Waals surface area contributed by atoms with Gasteiger partial charge in [-0.3, -0.25) is 20.3 Å². The molecule has 4 N–H and O–H groups in total. The molecule has 0 saturated heterocycles. The summed E-state index contributed by atoms with van der Waals surface area (Å²) in [5.74, 6) is -3.79. The highest BCUT2D eigenvalue weighted by Crippen LogP contribution is 2.41. The van der Waals surface area contributed by atoms with Crippen molar-refractivity contribution < 1.29 is 26.9 Å². The minimum Gasteiger partial charge on any atom is -0.450 e. The second-order valence-electron chi connectivity index (χ2n) is 6.32. The number of rotatable bonds is 5. The molecular formula is C16H22N4O6S. The summed E-state index contributed by atoms with van der Waals surface area (Å²) in [7, 11) is -4.02. The van der Waals surface area contributed by atoms with E-state index in [-0.39, 0.29) is 23.8 Å². The highest BCUT2D eigenvalue weighted by Gasteiger charge is 2.51. The first kappa shape index (κ1) is 20.6. The third-order valence-electron chi connectivity index (χ3n) is 3.82. The Morgan fingerprint density at radius 3 is 2.56 bits per heavy atom. The lowest BCUT2D eigenvalue weighted by molar-refractivity contribution is -0.166. The normalized spacial score (nSPS) is 19.4. The molecule has 0 radical (unpaired) electrons. The third kappa shape index (κ3) is 4.19. The molecule has 10 nitrogen and oxygen atoms in total. The van der Waals surface area contributed by atoms with Crippen LogP contribution in [0, 0.1) is 5.41 Å². The molecule has 2 amide bonds. The Bertz CT molecular complexity index is 898. The molecule has 1 atom stereocenters. The average molecular weight is 398 g/mol. The molecule has 0 unspecified atom stereocenters. The Labute approximate surface area is 157 Å². The van der Waals surface area contributed by atoms with Crippen molar-refractivity contribution >= 4 is 33.6 Å². The summed E-state index contributed by atoms with van der Waals surface area (Å²) in [6, 6.07) is 3.96. The minimum atomic E-state index is -4.02. The molecule has 0 aromatic heterocycles. The summed E-state index contributed by atoms with van der Waals surface area (Å²) in [5, 5.41) is 9.28. The van der Waals surface area contributed by atoms with Gasteiger partial charge in [0.2, 0.25) is 0 Å². The molecule has 1 aliphatic rings. The summed E-state index contributed by atoms with van der Waals surface area (Å²) < 4.78 is 34.1. The monoisotopic (exact) mass is 398 g/mol. The van der Waals surface area contributed by atoms with Crippen molar-refractivity contribution in [1.29, 1.82) is 5.41 Å². The Balaban J connectivity index is 2.59. The van der Waals surface area contributed by atoms with Crippen LogP contribution in [0.25, 0.3) is 0 Å². The van der Waals surface area contributed by atoms with Crippen LogP contribution < -0.4 is 20.7 Å². The lowest BCUT2D eigenvalue weighted by atomic mass is 10.0. The summed E-state index contributed by atoms with van der Waals surface area (Å²) >= 11 is 0. The van der Waals surface area contributed by atoms with Gasteiger partial charge in [-0.15, -0.1) is 0 Å². The topological polar surface area (TPSA) is 152 Å². The number of ether oxygens (including phenoxy) is 1. The zero-order chi connectivity index (χ0) is 20.6. The van der Waals surface area contributed by atoms with Gasteiger partial charge in [0, 0.05) is 18.0 Å². The maximum Gasteiger partial charge on any atom is 0.305 e. The smallest absolute Gasteiger partial charge is 0.305 e. The maximum atomic E-state index is 13.0. The van der Waals surface area contributed by atoms with Gasteiger partial charge >= 0.3 is 11.7 Å². The van der Waals surface area contributed by atoms with Gasteiger partial charge in [-0.05, 0) is 32.0 Å². The van der Waals surface area contributed by atoms with Gasteiger partial charge in [-0.1, -0.05) is 6.92 Å². The largest absolute Gasteiger partial charge is 0.450 e. The summed E-state index contributed by atoms with van der Waals surface area (Å²) in [4.78, 5) is 26.5. The zero-order valence-electron chi connectivity index (χ0n) is 15.4. The van der Waals surface area contributed by atoms with Crippen LogP contribution in [0.2, 0.25) is 0 Å². The molecule has 1 aromatic rings. The molecule has 2 rings (SSSR count). The summed E-state index contributed by atoms with van der Waals surface area (Å²) in [5.41, 5.74) is 5.65. The first-order chi connectivity index (χ1) is 12.4. The van der Waals surface area contributed by atoms with E-state index in [1.165, 1.54) is 23.1 Å². The molecule has 0 fully saturated rings. The second-order valence-corrected chi connectivity index (χ2v) is 7.89. The number of amides is 2. The van der Waals surface area contributed by atoms with E-state index in [0.29, 0.717) is 5.69 Å². The molecule has 0 aliphatic carbocycles. The van der Waals surface area contributed by atoms with Crippen LogP contribution in [0.4, 0.5) is 5.69 Å². The van der Waals surface area contributed by atoms with E-state index in [1.807, 2.05) is 0 Å². The first-order valence-corrected chi connectivity index (χ1v) is 9.94. The number of hydrogen-bond acceptors (Lipinski definition) is 7. The molecule has 0 saturated carbocycles. The molecular weight excluding hydrogens is 376 g/mol. The van der Waals surface area contributed by atoms with E-state index >= 15 is 0 Å². The number of benzene rings is 1. The van der Waals surface area contributed by atoms with E-state index < -0.39 is 33.7 Å². The van der Waals surface area contributed by atoms with Crippen LogP contribution in [0.15, 0.2) is 18.2 Å². The fourth-order valence-electron chi connectivity index (χ4n) is 2.74. The predicted octanol–water partition coefficient (Wildman–Crippen LogP) is 0.526. The fraction of sp³-hybridized carbons (Fsp3) is 0.438. The zero-order valence-corrected chi connectivity index (χ0v) is 16.2. The molecule has 1 heterocycles. The van der Waals surface area contributed by atoms with Crippen molar-refractivity contribution in [2.24, 2.45) is 5.73 Å². The van der Waals surface area contributed by atoms with Gasteiger partial charge in [0.25, 0.3) is 16.0 Å². The molecule has 27 heavy (non-hydrogen) atoms. The SMILES string of the molecule is CC[C@]1(OS(C)(=O)=O)Oc2cc(C(=O)NC(=N)N)ccc2N(C(C)C)C1=O. The Morgan fingerprint density at radius 2 is 2.07 bits per heavy atom. The molecule has 1 aliphatic heterocycles. The number of nitrogens with two attached hydrogens (primary N) is 1. The summed E-state index contributed by atoms with van der Waals surface area (Å²) in [6.07, 6.45) is 0.748. The van der Waals surface area contributed by atoms with Crippen LogP contribution in [0.3, 0.4) is 0 Å². The van der Waals surface area contributed by atoms with Crippen LogP contribution >= 0.6 is 0 Å². The van der Waals surface area contributed by atoms with Gasteiger partial charge in [0.05, 0.1) is 11.9 Å². The molecule has 11 heteroatoms. The first-order valence-electron chi connectivity index (χ1n) is 8.13. The van der Waals surface area contributed by atoms with E-state index in [9.17, 15) is 18.0 Å². The Hall–Kier alpha value is -2.66. The van der Waals surface area contributed by atoms with Crippen molar-refractivity contribution in [2.75, 3.05) is 11.2 Å². The number of anilines is 1. The molecule has 148 valence electrons. The van der Waals surface area contributed by atoms with Crippen LogP contribution in [0.1, 0.15) is 37.6 Å². The third-order valence-corrected chi connectivity index (χ3v) is 4.39. The average Bonchev–Trinajstić information content (AvgIpc) is 2.52. The summed E-state index contributed by atoms with van der Waals surface area (Å²) in [6.45, 7) is 5.06. The van der Waals surface area contributed by atoms with E-state index in [1.54, 1.807) is 20.8 Å². The van der Waals surface area contributed by atoms with E-state index in [2.05, 4.69) is 5.32 Å². The Kier molecular flexibility index (Phi) is 5.47. The minimum absolute atomic E-state index is 0.0779. The van der Waals surface area contributed by atoms with Crippen molar-refractivity contribution in [3.63, 3.8) is 0 Å². The predicted molar refractivity (Wildman–Crippen MR) is 98.0 cm³/mol. The standard InChI is InChI=1S/C16H22N4O6S/c1-5-16(26-27(4,23)24)14(22)20(9(2)3)11-7-6-10(8-12(11)25-16)13(21)19-15(17)18/h6-9H,5H2,1-4H3,(H4,17,18,19,21)/t16-/m1/s1. The van der Waals surface area contributed by atoms with Crippen molar-refractivity contribution in [2.45, 2.75) is 39.0 Å². The van der Waals surface area contributed by atoms with Crippen molar-refractivity contribution in [3.8, 4) is 5.75 Å². The quantitative estimate of drug-likeness (QED) is 0.371. The van der Waals surface area contributed by atoms with Crippen molar-refractivity contribution in [3.05, 3.63) is 23.8 Å². The molecule has 0 spiro atoms.